The number of hydrogen-bond acceptors (Lipinski definition) is 2. The van der Waals surface area contributed by atoms with E-state index < -0.39 is 0 Å². The zero-order valence-electron chi connectivity index (χ0n) is 4.91. The summed E-state index contributed by atoms with van der Waals surface area (Å²) in [6.07, 6.45) is 4.98. The maximum absolute atomic E-state index is 5.02. The smallest absolute Gasteiger partial charge is 0.185 e. The number of terminal acetylenes is 1. The van der Waals surface area contributed by atoms with Crippen molar-refractivity contribution < 1.29 is 0 Å². The Hall–Kier alpha value is -0.820. The predicted molar refractivity (Wildman–Crippen MR) is 42.3 cm³/mol. The Kier molecular flexibility index (Phi) is 3.72. The fourth-order valence-electron chi connectivity index (χ4n) is 0.245. The van der Waals surface area contributed by atoms with Crippen LogP contribution in [0, 0.1) is 12.3 Å². The highest BCUT2D eigenvalue weighted by Gasteiger charge is 1.92. The van der Waals surface area contributed by atoms with Crippen molar-refractivity contribution in [2.24, 2.45) is 16.5 Å². The average Bonchev–Trinajstić information content (AvgIpc) is 1.83. The summed E-state index contributed by atoms with van der Waals surface area (Å²) in [6.45, 7) is 0.377. The second-order valence-corrected chi connectivity index (χ2v) is 2.07. The number of hydrogen-bond donors (Lipinski definition) is 3. The molecule has 4 N–H and O–H groups in total. The molecule has 0 saturated carbocycles. The monoisotopic (exact) mass is 143 g/mol. The lowest BCUT2D eigenvalue weighted by Gasteiger charge is -1.95. The summed E-state index contributed by atoms with van der Waals surface area (Å²) in [6, 6.07) is 0. The molecule has 0 rings (SSSR count). The van der Waals surface area contributed by atoms with E-state index in [1.165, 1.54) is 0 Å². The first-order chi connectivity index (χ1) is 4.16. The van der Waals surface area contributed by atoms with Gasteiger partial charge in [0.15, 0.2) is 5.96 Å². The van der Waals surface area contributed by atoms with Crippen LogP contribution in [0.2, 0.25) is 0 Å². The molecule has 0 radical (unpaired) electrons. The van der Waals surface area contributed by atoms with Gasteiger partial charge in [0, 0.05) is 0 Å². The maximum Gasteiger partial charge on any atom is 0.185 e. The largest absolute Gasteiger partial charge is 0.370 e. The lowest BCUT2D eigenvalue weighted by molar-refractivity contribution is 1.04. The van der Waals surface area contributed by atoms with Gasteiger partial charge in [-0.25, -0.2) is 0 Å². The van der Waals surface area contributed by atoms with Crippen molar-refractivity contribution in [3.8, 4) is 12.3 Å². The van der Waals surface area contributed by atoms with Gasteiger partial charge in [-0.3, -0.25) is 4.99 Å². The molecule has 0 aliphatic heterocycles. The van der Waals surface area contributed by atoms with Crippen LogP contribution in [0.3, 0.4) is 0 Å². The minimum Gasteiger partial charge on any atom is -0.370 e. The summed E-state index contributed by atoms with van der Waals surface area (Å²) in [5, 5.41) is -0.188. The third-order valence-electron chi connectivity index (χ3n) is 0.639. The maximum atomic E-state index is 5.02. The molecule has 9 heavy (non-hydrogen) atoms. The van der Waals surface area contributed by atoms with E-state index in [0.717, 1.165) is 0 Å². The van der Waals surface area contributed by atoms with Gasteiger partial charge in [0.25, 0.3) is 0 Å². The van der Waals surface area contributed by atoms with Gasteiger partial charge in [0.05, 0.1) is 11.8 Å². The Morgan fingerprint density at radius 1 is 1.78 bits per heavy atom. The Bertz CT molecular complexity index is 143. The number of guanidine groups is 1. The normalized spacial score (nSPS) is 11.6. The fraction of sp³-hybridized carbons (Fsp3) is 0.400. The Labute approximate surface area is 59.9 Å². The van der Waals surface area contributed by atoms with Crippen LogP contribution in [0.5, 0.6) is 0 Å². The van der Waals surface area contributed by atoms with E-state index in [9.17, 15) is 0 Å². The van der Waals surface area contributed by atoms with Crippen molar-refractivity contribution in [2.75, 3.05) is 6.54 Å². The summed E-state index contributed by atoms with van der Waals surface area (Å²) in [5.74, 6) is 2.41. The molecule has 0 aromatic carbocycles. The van der Waals surface area contributed by atoms with E-state index in [1.54, 1.807) is 0 Å². The van der Waals surface area contributed by atoms with Gasteiger partial charge in [0.1, 0.15) is 0 Å². The number of nitrogens with zero attached hydrogens (tertiary/aromatic N) is 1. The zero-order chi connectivity index (χ0) is 7.28. The van der Waals surface area contributed by atoms with Gasteiger partial charge in [-0.1, -0.05) is 5.92 Å². The summed E-state index contributed by atoms with van der Waals surface area (Å²) >= 11 is 3.95. The number of thiol groups is 1. The van der Waals surface area contributed by atoms with Crippen molar-refractivity contribution in [3.05, 3.63) is 0 Å². The molecule has 3 nitrogen and oxygen atoms in total. The summed E-state index contributed by atoms with van der Waals surface area (Å²) in [4.78, 5) is 3.65. The Morgan fingerprint density at radius 2 is 2.33 bits per heavy atom. The van der Waals surface area contributed by atoms with Gasteiger partial charge in [-0.15, -0.1) is 6.42 Å². The predicted octanol–water partition coefficient (Wildman–Crippen LogP) is -0.809. The lowest BCUT2D eigenvalue weighted by Crippen LogP contribution is -2.24. The summed E-state index contributed by atoms with van der Waals surface area (Å²) in [5.41, 5.74) is 10.0. The summed E-state index contributed by atoms with van der Waals surface area (Å²) in [7, 11) is 0. The van der Waals surface area contributed by atoms with Crippen LogP contribution in [0.25, 0.3) is 0 Å². The van der Waals surface area contributed by atoms with E-state index in [0.29, 0.717) is 6.54 Å². The molecule has 50 valence electrons. The minimum atomic E-state index is -0.188. The highest BCUT2D eigenvalue weighted by molar-refractivity contribution is 7.81. The van der Waals surface area contributed by atoms with Crippen LogP contribution in [-0.2, 0) is 0 Å². The van der Waals surface area contributed by atoms with E-state index in [2.05, 4.69) is 23.5 Å². The molecular formula is C5H9N3S. The molecule has 0 aliphatic carbocycles. The van der Waals surface area contributed by atoms with E-state index >= 15 is 0 Å². The molecule has 0 bridgehead atoms. The highest BCUT2D eigenvalue weighted by atomic mass is 32.1. The molecule has 0 spiro atoms. The fourth-order valence-corrected chi connectivity index (χ4v) is 0.326. The second-order valence-electron chi connectivity index (χ2n) is 1.45. The molecule has 1 unspecified atom stereocenters. The number of aliphatic imine (C=N–C) groups is 1. The molecule has 0 aliphatic rings. The van der Waals surface area contributed by atoms with E-state index in [-0.39, 0.29) is 11.2 Å². The average molecular weight is 143 g/mol. The molecule has 0 aromatic rings. The molecule has 1 atom stereocenters. The molecule has 0 amide bonds. The first-order valence-corrected chi connectivity index (χ1v) is 2.88. The second kappa shape index (κ2) is 4.10. The SMILES string of the molecule is C#CC(S)CN=C(N)N. The molecular weight excluding hydrogens is 134 g/mol. The zero-order valence-corrected chi connectivity index (χ0v) is 5.81. The molecule has 0 aromatic heterocycles. The van der Waals surface area contributed by atoms with Crippen LogP contribution in [0.4, 0.5) is 0 Å². The first-order valence-electron chi connectivity index (χ1n) is 2.36. The van der Waals surface area contributed by atoms with Crippen molar-refractivity contribution >= 4 is 18.6 Å². The van der Waals surface area contributed by atoms with Crippen molar-refractivity contribution in [2.45, 2.75) is 5.25 Å². The molecule has 0 heterocycles. The standard InChI is InChI=1S/C5H9N3S/c1-2-4(9)3-8-5(6)7/h1,4,9H,3H2,(H4,6,7,8). The van der Waals surface area contributed by atoms with Gasteiger partial charge < -0.3 is 11.5 Å². The van der Waals surface area contributed by atoms with Gasteiger partial charge in [-0.05, 0) is 0 Å². The van der Waals surface area contributed by atoms with Gasteiger partial charge >= 0.3 is 0 Å². The third kappa shape index (κ3) is 5.04. The Balaban J connectivity index is 3.53. The molecule has 0 fully saturated rings. The molecule has 4 heteroatoms. The lowest BCUT2D eigenvalue weighted by atomic mass is 10.4. The van der Waals surface area contributed by atoms with Crippen LogP contribution in [0.1, 0.15) is 0 Å². The highest BCUT2D eigenvalue weighted by Crippen LogP contribution is 1.90. The number of rotatable bonds is 2. The topological polar surface area (TPSA) is 64.4 Å². The van der Waals surface area contributed by atoms with Crippen molar-refractivity contribution in [1.29, 1.82) is 0 Å². The Morgan fingerprint density at radius 3 is 2.67 bits per heavy atom. The van der Waals surface area contributed by atoms with Crippen LogP contribution in [-0.4, -0.2) is 17.8 Å². The van der Waals surface area contributed by atoms with E-state index in [4.69, 9.17) is 17.9 Å². The quantitative estimate of drug-likeness (QED) is 0.205. The first kappa shape index (κ1) is 8.18. The van der Waals surface area contributed by atoms with Crippen LogP contribution < -0.4 is 11.5 Å². The van der Waals surface area contributed by atoms with Crippen LogP contribution >= 0.6 is 12.6 Å². The minimum absolute atomic E-state index is 0.0456. The van der Waals surface area contributed by atoms with Crippen molar-refractivity contribution in [3.63, 3.8) is 0 Å². The number of nitrogens with two attached hydrogens (primary N) is 2. The summed E-state index contributed by atoms with van der Waals surface area (Å²) < 4.78 is 0. The van der Waals surface area contributed by atoms with Gasteiger partial charge in [0.2, 0.25) is 0 Å². The third-order valence-corrected chi connectivity index (χ3v) is 0.952. The van der Waals surface area contributed by atoms with Gasteiger partial charge in [-0.2, -0.15) is 12.6 Å². The van der Waals surface area contributed by atoms with E-state index in [1.807, 2.05) is 0 Å². The van der Waals surface area contributed by atoms with Crippen LogP contribution in [0.15, 0.2) is 4.99 Å². The van der Waals surface area contributed by atoms with Crippen molar-refractivity contribution in [1.82, 2.24) is 0 Å². The molecule has 0 saturated heterocycles.